The number of alkyl halides is 1. The molecule has 1 unspecified atom stereocenters. The summed E-state index contributed by atoms with van der Waals surface area (Å²) in [6, 6.07) is 8.42. The van der Waals surface area contributed by atoms with E-state index in [1.165, 1.54) is 10.5 Å². The van der Waals surface area contributed by atoms with Crippen molar-refractivity contribution in [3.63, 3.8) is 0 Å². The molecule has 0 fully saturated rings. The predicted molar refractivity (Wildman–Crippen MR) is 76.5 cm³/mol. The number of hydrogen-bond acceptors (Lipinski definition) is 2. The number of ether oxygens (including phenoxy) is 2. The number of benzene rings is 1. The van der Waals surface area contributed by atoms with Gasteiger partial charge in [0, 0.05) is 21.7 Å². The predicted octanol–water partition coefficient (Wildman–Crippen LogP) is 3.93. The van der Waals surface area contributed by atoms with Gasteiger partial charge in [-0.25, -0.2) is 0 Å². The largest absolute Gasteiger partial charge is 0.496 e. The van der Waals surface area contributed by atoms with Crippen molar-refractivity contribution in [2.75, 3.05) is 14.2 Å². The quantitative estimate of drug-likeness (QED) is 0.670. The van der Waals surface area contributed by atoms with Crippen LogP contribution in [0.2, 0.25) is 0 Å². The first-order chi connectivity index (χ1) is 8.30. The van der Waals surface area contributed by atoms with Gasteiger partial charge in [-0.1, -0.05) is 34.1 Å². The van der Waals surface area contributed by atoms with Crippen molar-refractivity contribution in [3.8, 4) is 0 Å². The Kier molecular flexibility index (Phi) is 4.18. The summed E-state index contributed by atoms with van der Waals surface area (Å²) in [5, 5.41) is 4.00. The maximum atomic E-state index is 5.45. The minimum atomic E-state index is -0.554. The van der Waals surface area contributed by atoms with Gasteiger partial charge in [-0.15, -0.1) is 10.9 Å². The molecule has 0 saturated carbocycles. The summed E-state index contributed by atoms with van der Waals surface area (Å²) in [7, 11) is 2.84. The van der Waals surface area contributed by atoms with Crippen LogP contribution >= 0.6 is 26.8 Å². The van der Waals surface area contributed by atoms with Crippen LogP contribution in [0.1, 0.15) is 5.56 Å². The second-order valence-electron chi connectivity index (χ2n) is 3.55. The van der Waals surface area contributed by atoms with Crippen LogP contribution in [-0.4, -0.2) is 14.2 Å². The number of hydrogen-bond donors (Lipinski definition) is 1. The topological polar surface area (TPSA) is 18.5 Å². The molecule has 1 aromatic carbocycles. The summed E-state index contributed by atoms with van der Waals surface area (Å²) in [6.45, 7) is 0. The van der Waals surface area contributed by atoms with E-state index in [0.717, 1.165) is 16.2 Å². The molecule has 0 spiro atoms. The third kappa shape index (κ3) is 2.53. The van der Waals surface area contributed by atoms with Crippen molar-refractivity contribution in [3.05, 3.63) is 52.2 Å². The molecule has 1 aromatic rings. The fourth-order valence-electron chi connectivity index (χ4n) is 1.74. The molecule has 0 N–H and O–H groups in total. The van der Waals surface area contributed by atoms with Crippen LogP contribution in [0.25, 0.3) is 0 Å². The average molecular weight is 315 g/mol. The van der Waals surface area contributed by atoms with Gasteiger partial charge in [-0.2, -0.15) is 0 Å². The first-order valence-corrected chi connectivity index (χ1v) is 7.78. The highest BCUT2D eigenvalue weighted by molar-refractivity contribution is 9.08. The van der Waals surface area contributed by atoms with E-state index in [4.69, 9.17) is 9.47 Å². The van der Waals surface area contributed by atoms with Gasteiger partial charge in [0.05, 0.1) is 14.2 Å². The number of rotatable bonds is 4. The van der Waals surface area contributed by atoms with E-state index in [2.05, 4.69) is 45.6 Å². The molecule has 1 aliphatic heterocycles. The summed E-state index contributed by atoms with van der Waals surface area (Å²) in [5.74, 6) is 0.886. The fourth-order valence-corrected chi connectivity index (χ4v) is 4.55. The minimum Gasteiger partial charge on any atom is -0.496 e. The second kappa shape index (κ2) is 5.65. The molecule has 0 bridgehead atoms. The van der Waals surface area contributed by atoms with Crippen LogP contribution < -0.4 is 0 Å². The van der Waals surface area contributed by atoms with Crippen molar-refractivity contribution in [1.29, 1.82) is 0 Å². The monoisotopic (exact) mass is 314 g/mol. The van der Waals surface area contributed by atoms with Crippen molar-refractivity contribution in [1.82, 2.24) is 0 Å². The highest BCUT2D eigenvalue weighted by atomic mass is 79.9. The zero-order chi connectivity index (χ0) is 12.3. The molecule has 0 amide bonds. The van der Waals surface area contributed by atoms with Gasteiger partial charge in [-0.05, 0) is 11.6 Å². The van der Waals surface area contributed by atoms with Crippen molar-refractivity contribution in [2.45, 2.75) is 10.2 Å². The fraction of sp³-hybridized carbons (Fsp3) is 0.231. The van der Waals surface area contributed by atoms with Crippen molar-refractivity contribution < 1.29 is 9.47 Å². The van der Waals surface area contributed by atoms with Gasteiger partial charge < -0.3 is 9.47 Å². The van der Waals surface area contributed by atoms with Crippen LogP contribution in [0, 0.1) is 0 Å². The van der Waals surface area contributed by atoms with Gasteiger partial charge in [0.15, 0.2) is 0 Å². The van der Waals surface area contributed by atoms with E-state index < -0.39 is 10.9 Å². The van der Waals surface area contributed by atoms with Crippen molar-refractivity contribution >= 4 is 26.8 Å². The Balaban J connectivity index is 2.40. The van der Waals surface area contributed by atoms with E-state index >= 15 is 0 Å². The van der Waals surface area contributed by atoms with Gasteiger partial charge >= 0.3 is 0 Å². The molecule has 4 heteroatoms. The molecule has 2 nitrogen and oxygen atoms in total. The molecule has 2 rings (SSSR count). The Hall–Kier alpha value is -0.870. The third-order valence-electron chi connectivity index (χ3n) is 2.60. The SMILES string of the molecule is COC1=C[SH](c2ccccc2CBr)C(OC)=C1. The Bertz CT molecular complexity index is 468. The van der Waals surface area contributed by atoms with Gasteiger partial charge in [-0.3, -0.25) is 0 Å². The Morgan fingerprint density at radius 2 is 1.94 bits per heavy atom. The summed E-state index contributed by atoms with van der Waals surface area (Å²) in [5.41, 5.74) is 1.30. The highest BCUT2D eigenvalue weighted by Gasteiger charge is 2.20. The van der Waals surface area contributed by atoms with E-state index in [1.54, 1.807) is 14.2 Å². The number of thiol groups is 1. The molecule has 1 atom stereocenters. The van der Waals surface area contributed by atoms with Gasteiger partial charge in [0.25, 0.3) is 0 Å². The van der Waals surface area contributed by atoms with Crippen molar-refractivity contribution in [2.24, 2.45) is 0 Å². The summed E-state index contributed by atoms with van der Waals surface area (Å²) in [6.07, 6.45) is 1.97. The average Bonchev–Trinajstić information content (AvgIpc) is 2.81. The number of allylic oxidation sites excluding steroid dienone is 1. The number of methoxy groups -OCH3 is 2. The second-order valence-corrected chi connectivity index (χ2v) is 6.04. The smallest absolute Gasteiger partial charge is 0.144 e. The van der Waals surface area contributed by atoms with E-state index in [1.807, 2.05) is 6.08 Å². The molecule has 92 valence electrons. The lowest BCUT2D eigenvalue weighted by Gasteiger charge is -2.19. The zero-order valence-electron chi connectivity index (χ0n) is 9.81. The molecule has 0 aromatic heterocycles. The van der Waals surface area contributed by atoms with E-state index in [9.17, 15) is 0 Å². The van der Waals surface area contributed by atoms with Crippen LogP contribution in [0.15, 0.2) is 51.5 Å². The van der Waals surface area contributed by atoms with Crippen LogP contribution in [-0.2, 0) is 14.8 Å². The molecular weight excluding hydrogens is 300 g/mol. The molecule has 0 saturated heterocycles. The Labute approximate surface area is 113 Å². The van der Waals surface area contributed by atoms with Gasteiger partial charge in [0.2, 0.25) is 0 Å². The lowest BCUT2D eigenvalue weighted by Crippen LogP contribution is -1.90. The normalized spacial score (nSPS) is 20.8. The number of halogens is 1. The molecule has 0 radical (unpaired) electrons. The molecule has 17 heavy (non-hydrogen) atoms. The van der Waals surface area contributed by atoms with E-state index in [-0.39, 0.29) is 0 Å². The standard InChI is InChI=1S/C13H15BrO2S/c1-15-11-7-13(16-2)17(9-11)12-6-4-3-5-10(12)8-14/h3-7,9,17H,8H2,1-2H3. The zero-order valence-corrected chi connectivity index (χ0v) is 12.3. The Morgan fingerprint density at radius 3 is 2.59 bits per heavy atom. The lowest BCUT2D eigenvalue weighted by molar-refractivity contribution is 0.297. The highest BCUT2D eigenvalue weighted by Crippen LogP contribution is 2.52. The Morgan fingerprint density at radius 1 is 1.18 bits per heavy atom. The summed E-state index contributed by atoms with van der Waals surface area (Å²) < 4.78 is 10.7. The summed E-state index contributed by atoms with van der Waals surface area (Å²) >= 11 is 3.53. The maximum Gasteiger partial charge on any atom is 0.144 e. The van der Waals surface area contributed by atoms with Crippen LogP contribution in [0.3, 0.4) is 0 Å². The molecule has 0 aliphatic carbocycles. The van der Waals surface area contributed by atoms with Crippen LogP contribution in [0.5, 0.6) is 0 Å². The maximum absolute atomic E-state index is 5.45. The summed E-state index contributed by atoms with van der Waals surface area (Å²) in [4.78, 5) is 1.32. The molecule has 1 aliphatic rings. The van der Waals surface area contributed by atoms with E-state index in [0.29, 0.717) is 0 Å². The van der Waals surface area contributed by atoms with Gasteiger partial charge in [0.1, 0.15) is 10.9 Å². The first-order valence-electron chi connectivity index (χ1n) is 5.24. The molecular formula is C13H15BrO2S. The lowest BCUT2D eigenvalue weighted by atomic mass is 10.2. The third-order valence-corrected chi connectivity index (χ3v) is 5.46. The molecule has 1 heterocycles. The first kappa shape index (κ1) is 12.6. The van der Waals surface area contributed by atoms with Crippen LogP contribution in [0.4, 0.5) is 0 Å². The minimum absolute atomic E-state index is 0.554.